The number of ether oxygens (including phenoxy) is 2. The van der Waals surface area contributed by atoms with Crippen LogP contribution in [0.15, 0.2) is 24.3 Å². The molecule has 1 aliphatic carbocycles. The zero-order valence-corrected chi connectivity index (χ0v) is 11.9. The Hall–Kier alpha value is -1.06. The van der Waals surface area contributed by atoms with Gasteiger partial charge in [-0.25, -0.2) is 0 Å². The summed E-state index contributed by atoms with van der Waals surface area (Å²) in [5, 5.41) is 11.0. The van der Waals surface area contributed by atoms with E-state index in [1.807, 2.05) is 24.3 Å². The first-order chi connectivity index (χ1) is 9.22. The third-order valence-corrected chi connectivity index (χ3v) is 4.18. The molecule has 2 unspecified atom stereocenters. The fraction of sp³-hybridized carbons (Fsp3) is 0.625. The van der Waals surface area contributed by atoms with Crippen molar-refractivity contribution in [1.29, 1.82) is 0 Å². The molecule has 2 rings (SSSR count). The first-order valence-electron chi connectivity index (χ1n) is 7.16. The lowest BCUT2D eigenvalue weighted by molar-refractivity contribution is -0.00673. The molecule has 1 aromatic rings. The van der Waals surface area contributed by atoms with Crippen molar-refractivity contribution in [3.05, 3.63) is 29.8 Å². The van der Waals surface area contributed by atoms with Gasteiger partial charge in [-0.2, -0.15) is 0 Å². The summed E-state index contributed by atoms with van der Waals surface area (Å²) in [6.07, 6.45) is 4.01. The van der Waals surface area contributed by atoms with Crippen molar-refractivity contribution in [1.82, 2.24) is 0 Å². The van der Waals surface area contributed by atoms with Crippen LogP contribution in [0, 0.1) is 5.92 Å². The first kappa shape index (κ1) is 14.4. The maximum Gasteiger partial charge on any atom is 0.125 e. The Morgan fingerprint density at radius 2 is 2.11 bits per heavy atom. The molecule has 0 aliphatic heterocycles. The monoisotopic (exact) mass is 264 g/mol. The molecule has 0 amide bonds. The molecule has 0 aromatic heterocycles. The van der Waals surface area contributed by atoms with Gasteiger partial charge in [-0.1, -0.05) is 31.5 Å². The van der Waals surface area contributed by atoms with Crippen LogP contribution >= 0.6 is 0 Å². The van der Waals surface area contributed by atoms with E-state index in [0.29, 0.717) is 19.1 Å². The highest BCUT2D eigenvalue weighted by atomic mass is 16.5. The summed E-state index contributed by atoms with van der Waals surface area (Å²) < 4.78 is 10.8. The van der Waals surface area contributed by atoms with E-state index in [0.717, 1.165) is 37.0 Å². The van der Waals surface area contributed by atoms with E-state index >= 15 is 0 Å². The molecule has 106 valence electrons. The average molecular weight is 264 g/mol. The predicted molar refractivity (Wildman–Crippen MR) is 75.3 cm³/mol. The lowest BCUT2D eigenvalue weighted by Gasteiger charge is -2.31. The van der Waals surface area contributed by atoms with E-state index < -0.39 is 5.60 Å². The summed E-state index contributed by atoms with van der Waals surface area (Å²) >= 11 is 0. The van der Waals surface area contributed by atoms with Crippen molar-refractivity contribution >= 4 is 0 Å². The summed E-state index contributed by atoms with van der Waals surface area (Å²) in [5.74, 6) is 1.13. The van der Waals surface area contributed by atoms with Crippen LogP contribution in [0.2, 0.25) is 0 Å². The van der Waals surface area contributed by atoms with Gasteiger partial charge in [0.1, 0.15) is 12.4 Å². The van der Waals surface area contributed by atoms with Gasteiger partial charge in [0.2, 0.25) is 0 Å². The Labute approximate surface area is 115 Å². The van der Waals surface area contributed by atoms with Crippen molar-refractivity contribution in [2.24, 2.45) is 5.92 Å². The quantitative estimate of drug-likeness (QED) is 0.802. The van der Waals surface area contributed by atoms with Gasteiger partial charge in [0.05, 0.1) is 12.2 Å². The zero-order valence-electron chi connectivity index (χ0n) is 11.9. The number of benzene rings is 1. The molecule has 3 nitrogen and oxygen atoms in total. The van der Waals surface area contributed by atoms with E-state index in [4.69, 9.17) is 9.47 Å². The van der Waals surface area contributed by atoms with Crippen molar-refractivity contribution in [2.75, 3.05) is 20.3 Å². The molecule has 1 saturated carbocycles. The number of methoxy groups -OCH3 is 1. The van der Waals surface area contributed by atoms with Crippen LogP contribution in [0.5, 0.6) is 5.75 Å². The SMILES string of the molecule is CCC1CCCC1(O)c1ccccc1OCCOC. The van der Waals surface area contributed by atoms with Crippen LogP contribution in [-0.4, -0.2) is 25.4 Å². The minimum atomic E-state index is -0.724. The lowest BCUT2D eigenvalue weighted by Crippen LogP contribution is -2.30. The Morgan fingerprint density at radius 3 is 2.84 bits per heavy atom. The highest BCUT2D eigenvalue weighted by molar-refractivity contribution is 5.39. The minimum Gasteiger partial charge on any atom is -0.491 e. The van der Waals surface area contributed by atoms with Crippen LogP contribution in [0.25, 0.3) is 0 Å². The molecule has 1 aliphatic rings. The molecule has 0 bridgehead atoms. The van der Waals surface area contributed by atoms with Gasteiger partial charge in [0.15, 0.2) is 0 Å². The highest BCUT2D eigenvalue weighted by Gasteiger charge is 2.43. The Bertz CT molecular complexity index is 405. The predicted octanol–water partition coefficient (Wildman–Crippen LogP) is 3.11. The second-order valence-electron chi connectivity index (χ2n) is 5.26. The summed E-state index contributed by atoms with van der Waals surface area (Å²) in [6.45, 7) is 3.22. The van der Waals surface area contributed by atoms with Crippen LogP contribution in [0.1, 0.15) is 38.2 Å². The fourth-order valence-electron chi connectivity index (χ4n) is 3.14. The second kappa shape index (κ2) is 6.40. The van der Waals surface area contributed by atoms with Gasteiger partial charge in [0, 0.05) is 12.7 Å². The largest absolute Gasteiger partial charge is 0.491 e. The topological polar surface area (TPSA) is 38.7 Å². The van der Waals surface area contributed by atoms with Crippen LogP contribution in [0.4, 0.5) is 0 Å². The molecule has 0 spiro atoms. The number of hydrogen-bond acceptors (Lipinski definition) is 3. The van der Waals surface area contributed by atoms with Crippen molar-refractivity contribution in [2.45, 2.75) is 38.2 Å². The summed E-state index contributed by atoms with van der Waals surface area (Å²) in [4.78, 5) is 0. The first-order valence-corrected chi connectivity index (χ1v) is 7.16. The summed E-state index contributed by atoms with van der Waals surface area (Å²) in [6, 6.07) is 7.86. The maximum atomic E-state index is 11.0. The van der Waals surface area contributed by atoms with Gasteiger partial charge in [-0.05, 0) is 31.2 Å². The standard InChI is InChI=1S/C16H24O3/c1-3-13-7-6-10-16(13,17)14-8-4-5-9-15(14)19-12-11-18-2/h4-5,8-9,13,17H,3,6-7,10-12H2,1-2H3. The zero-order chi connectivity index (χ0) is 13.7. The maximum absolute atomic E-state index is 11.0. The molecule has 0 saturated heterocycles. The van der Waals surface area contributed by atoms with Gasteiger partial charge in [-0.15, -0.1) is 0 Å². The molecule has 1 N–H and O–H groups in total. The molecule has 1 fully saturated rings. The molecule has 0 radical (unpaired) electrons. The average Bonchev–Trinajstić information content (AvgIpc) is 2.82. The molecular formula is C16H24O3. The molecular weight excluding hydrogens is 240 g/mol. The number of para-hydroxylation sites is 1. The van der Waals surface area contributed by atoms with E-state index in [9.17, 15) is 5.11 Å². The van der Waals surface area contributed by atoms with Crippen molar-refractivity contribution in [3.8, 4) is 5.75 Å². The Balaban J connectivity index is 2.23. The summed E-state index contributed by atoms with van der Waals surface area (Å²) in [5.41, 5.74) is 0.216. The normalized spacial score (nSPS) is 26.6. The van der Waals surface area contributed by atoms with E-state index in [1.54, 1.807) is 7.11 Å². The third-order valence-electron chi connectivity index (χ3n) is 4.18. The van der Waals surface area contributed by atoms with Crippen LogP contribution in [-0.2, 0) is 10.3 Å². The Morgan fingerprint density at radius 1 is 1.32 bits per heavy atom. The van der Waals surface area contributed by atoms with E-state index in [1.165, 1.54) is 0 Å². The number of aliphatic hydroxyl groups is 1. The number of hydrogen-bond donors (Lipinski definition) is 1. The van der Waals surface area contributed by atoms with Crippen LogP contribution in [0.3, 0.4) is 0 Å². The molecule has 2 atom stereocenters. The van der Waals surface area contributed by atoms with E-state index in [2.05, 4.69) is 6.92 Å². The van der Waals surface area contributed by atoms with Gasteiger partial charge in [-0.3, -0.25) is 0 Å². The van der Waals surface area contributed by atoms with E-state index in [-0.39, 0.29) is 0 Å². The Kier molecular flexibility index (Phi) is 4.83. The fourth-order valence-corrected chi connectivity index (χ4v) is 3.14. The smallest absolute Gasteiger partial charge is 0.125 e. The van der Waals surface area contributed by atoms with Gasteiger partial charge >= 0.3 is 0 Å². The minimum absolute atomic E-state index is 0.333. The molecule has 19 heavy (non-hydrogen) atoms. The van der Waals surface area contributed by atoms with Crippen molar-refractivity contribution < 1.29 is 14.6 Å². The second-order valence-corrected chi connectivity index (χ2v) is 5.26. The van der Waals surface area contributed by atoms with Crippen molar-refractivity contribution in [3.63, 3.8) is 0 Å². The van der Waals surface area contributed by atoms with Gasteiger partial charge < -0.3 is 14.6 Å². The molecule has 1 aromatic carbocycles. The highest BCUT2D eigenvalue weighted by Crippen LogP contribution is 2.47. The molecule has 3 heteroatoms. The third kappa shape index (κ3) is 2.93. The number of rotatable bonds is 6. The lowest BCUT2D eigenvalue weighted by atomic mass is 9.82. The molecule has 0 heterocycles. The van der Waals surface area contributed by atoms with Gasteiger partial charge in [0.25, 0.3) is 0 Å². The van der Waals surface area contributed by atoms with Crippen LogP contribution < -0.4 is 4.74 Å². The summed E-state index contributed by atoms with van der Waals surface area (Å²) in [7, 11) is 1.66.